The first-order valence-electron chi connectivity index (χ1n) is 4.33. The van der Waals surface area contributed by atoms with Gasteiger partial charge in [0.15, 0.2) is 0 Å². The zero-order valence-corrected chi connectivity index (χ0v) is 8.53. The van der Waals surface area contributed by atoms with E-state index < -0.39 is 18.8 Å². The first-order valence-corrected chi connectivity index (χ1v) is 4.33. The Hall–Kier alpha value is -0.280. The third-order valence-electron chi connectivity index (χ3n) is 1.15. The van der Waals surface area contributed by atoms with Gasteiger partial charge in [0.2, 0.25) is 12.9 Å². The fourth-order valence-electron chi connectivity index (χ4n) is 0.356. The van der Waals surface area contributed by atoms with Crippen LogP contribution in [-0.2, 0) is 0 Å². The smallest absolute Gasteiger partial charge is 0.211 e. The summed E-state index contributed by atoms with van der Waals surface area (Å²) in [4.78, 5) is 0. The van der Waals surface area contributed by atoms with Crippen molar-refractivity contribution < 1.29 is 17.6 Å². The minimum Gasteiger partial charge on any atom is -0.211 e. The number of hydrogen-bond acceptors (Lipinski definition) is 0. The van der Waals surface area contributed by atoms with Gasteiger partial charge < -0.3 is 0 Å². The van der Waals surface area contributed by atoms with E-state index >= 15 is 0 Å². The summed E-state index contributed by atoms with van der Waals surface area (Å²) in [6.07, 6.45) is -4.25. The van der Waals surface area contributed by atoms with Crippen molar-refractivity contribution in [2.45, 2.75) is 47.0 Å². The third kappa shape index (κ3) is 18.6. The van der Waals surface area contributed by atoms with E-state index in [0.717, 1.165) is 0 Å². The maximum absolute atomic E-state index is 11.3. The molecule has 4 heteroatoms. The maximum atomic E-state index is 11.3. The third-order valence-corrected chi connectivity index (χ3v) is 1.15. The monoisotopic (exact) mass is 202 g/mol. The Morgan fingerprint density at radius 1 is 0.846 bits per heavy atom. The van der Waals surface area contributed by atoms with Gasteiger partial charge in [0.05, 0.1) is 0 Å². The lowest BCUT2D eigenvalue weighted by atomic mass is 10.1. The standard InChI is InChI=1S/C5H10F2.C4H8F2/c1-4(2)3-5(6)7;1-3(2)4(5)6/h4-5H,3H2,1-2H3;3-4H,1-2H3. The van der Waals surface area contributed by atoms with Crippen molar-refractivity contribution in [1.29, 1.82) is 0 Å². The molecule has 0 spiro atoms. The van der Waals surface area contributed by atoms with E-state index in [9.17, 15) is 17.6 Å². The highest BCUT2D eigenvalue weighted by Crippen LogP contribution is 2.07. The minimum absolute atomic E-state index is 0.0278. The van der Waals surface area contributed by atoms with Crippen LogP contribution in [0, 0.1) is 11.8 Å². The summed E-state index contributed by atoms with van der Waals surface area (Å²) < 4.78 is 44.9. The van der Waals surface area contributed by atoms with Gasteiger partial charge in [-0.1, -0.05) is 27.7 Å². The van der Waals surface area contributed by atoms with Crippen molar-refractivity contribution in [3.05, 3.63) is 0 Å². The zero-order valence-electron chi connectivity index (χ0n) is 8.53. The SMILES string of the molecule is CC(C)C(F)F.CC(C)CC(F)F. The van der Waals surface area contributed by atoms with Crippen LogP contribution in [0.1, 0.15) is 34.1 Å². The van der Waals surface area contributed by atoms with Gasteiger partial charge in [-0.3, -0.25) is 0 Å². The first kappa shape index (κ1) is 15.2. The molecule has 0 aliphatic rings. The Bertz CT molecular complexity index is 87.8. The first-order chi connectivity index (χ1) is 5.77. The molecule has 0 saturated heterocycles. The van der Waals surface area contributed by atoms with Crippen molar-refractivity contribution in [2.24, 2.45) is 11.8 Å². The quantitative estimate of drug-likeness (QED) is 0.601. The molecule has 0 atom stereocenters. The van der Waals surface area contributed by atoms with Crippen molar-refractivity contribution in [2.75, 3.05) is 0 Å². The van der Waals surface area contributed by atoms with Crippen LogP contribution in [0.5, 0.6) is 0 Å². The van der Waals surface area contributed by atoms with Crippen molar-refractivity contribution in [3.63, 3.8) is 0 Å². The molecule has 0 N–H and O–H groups in total. The average Bonchev–Trinajstić information content (AvgIpc) is 1.84. The van der Waals surface area contributed by atoms with E-state index in [1.165, 1.54) is 13.8 Å². The molecule has 0 radical (unpaired) electrons. The molecule has 0 amide bonds. The molecule has 0 aromatic carbocycles. The van der Waals surface area contributed by atoms with E-state index in [-0.39, 0.29) is 12.3 Å². The van der Waals surface area contributed by atoms with Crippen molar-refractivity contribution >= 4 is 0 Å². The second-order valence-corrected chi connectivity index (χ2v) is 3.60. The number of alkyl halides is 4. The Kier molecular flexibility index (Phi) is 9.74. The summed E-state index contributed by atoms with van der Waals surface area (Å²) in [5.74, 6) is -0.356. The molecule has 0 rings (SSSR count). The Morgan fingerprint density at radius 3 is 1.15 bits per heavy atom. The van der Waals surface area contributed by atoms with Crippen LogP contribution in [0.25, 0.3) is 0 Å². The Morgan fingerprint density at radius 2 is 1.15 bits per heavy atom. The van der Waals surface area contributed by atoms with Gasteiger partial charge in [0, 0.05) is 12.3 Å². The minimum atomic E-state index is -2.15. The van der Waals surface area contributed by atoms with Gasteiger partial charge in [-0.2, -0.15) is 0 Å². The summed E-state index contributed by atoms with van der Waals surface area (Å²) in [5, 5.41) is 0. The molecule has 0 bridgehead atoms. The van der Waals surface area contributed by atoms with Gasteiger partial charge in [0.1, 0.15) is 0 Å². The van der Waals surface area contributed by atoms with Gasteiger partial charge >= 0.3 is 0 Å². The lowest BCUT2D eigenvalue weighted by molar-refractivity contribution is 0.0955. The number of hydrogen-bond donors (Lipinski definition) is 0. The molecule has 0 aliphatic carbocycles. The van der Waals surface area contributed by atoms with Crippen LogP contribution < -0.4 is 0 Å². The van der Waals surface area contributed by atoms with E-state index in [2.05, 4.69) is 0 Å². The lowest BCUT2D eigenvalue weighted by Crippen LogP contribution is -1.99. The molecule has 0 aromatic heterocycles. The van der Waals surface area contributed by atoms with Crippen LogP contribution in [0.2, 0.25) is 0 Å². The summed E-state index contributed by atoms with van der Waals surface area (Å²) in [7, 11) is 0. The molecular formula is C9H18F4. The van der Waals surface area contributed by atoms with E-state index in [4.69, 9.17) is 0 Å². The van der Waals surface area contributed by atoms with E-state index in [1.54, 1.807) is 13.8 Å². The molecule has 0 nitrogen and oxygen atoms in total. The molecule has 0 aliphatic heterocycles. The van der Waals surface area contributed by atoms with Crippen LogP contribution in [0.15, 0.2) is 0 Å². The van der Waals surface area contributed by atoms with Crippen molar-refractivity contribution in [1.82, 2.24) is 0 Å². The molecule has 0 saturated carbocycles. The summed E-state index contributed by atoms with van der Waals surface area (Å²) in [5.41, 5.74) is 0. The Labute approximate surface area is 77.3 Å². The van der Waals surface area contributed by atoms with Gasteiger partial charge in [-0.05, 0) is 5.92 Å². The number of rotatable bonds is 3. The summed E-state index contributed by atoms with van der Waals surface area (Å²) in [6.45, 7) is 6.55. The van der Waals surface area contributed by atoms with E-state index in [1.807, 2.05) is 0 Å². The number of halogens is 4. The fourth-order valence-corrected chi connectivity index (χ4v) is 0.356. The lowest BCUT2D eigenvalue weighted by Gasteiger charge is -1.99. The summed E-state index contributed by atoms with van der Waals surface area (Å²) in [6, 6.07) is 0. The summed E-state index contributed by atoms with van der Waals surface area (Å²) >= 11 is 0. The fraction of sp³-hybridized carbons (Fsp3) is 1.00. The molecule has 0 heterocycles. The van der Waals surface area contributed by atoms with Crippen LogP contribution >= 0.6 is 0 Å². The topological polar surface area (TPSA) is 0 Å². The Balaban J connectivity index is 0. The van der Waals surface area contributed by atoms with Crippen LogP contribution in [0.4, 0.5) is 17.6 Å². The predicted octanol–water partition coefficient (Wildman–Crippen LogP) is 4.21. The van der Waals surface area contributed by atoms with Gasteiger partial charge in [0.25, 0.3) is 0 Å². The molecular weight excluding hydrogens is 184 g/mol. The second kappa shape index (κ2) is 8.32. The van der Waals surface area contributed by atoms with Gasteiger partial charge in [-0.25, -0.2) is 17.6 Å². The van der Waals surface area contributed by atoms with Crippen LogP contribution in [0.3, 0.4) is 0 Å². The molecule has 0 aromatic rings. The maximum Gasteiger partial charge on any atom is 0.240 e. The highest BCUT2D eigenvalue weighted by molar-refractivity contribution is 4.44. The second-order valence-electron chi connectivity index (χ2n) is 3.60. The molecule has 0 fully saturated rings. The van der Waals surface area contributed by atoms with E-state index in [0.29, 0.717) is 0 Å². The average molecular weight is 202 g/mol. The van der Waals surface area contributed by atoms with Crippen LogP contribution in [-0.4, -0.2) is 12.9 Å². The largest absolute Gasteiger partial charge is 0.240 e. The predicted molar refractivity (Wildman–Crippen MR) is 46.3 cm³/mol. The highest BCUT2D eigenvalue weighted by Gasteiger charge is 2.05. The normalized spacial score (nSPS) is 11.1. The molecule has 82 valence electrons. The zero-order chi connectivity index (χ0) is 11.0. The van der Waals surface area contributed by atoms with Crippen molar-refractivity contribution in [3.8, 4) is 0 Å². The van der Waals surface area contributed by atoms with Gasteiger partial charge in [-0.15, -0.1) is 0 Å². The molecule has 0 unspecified atom stereocenters. The molecule has 13 heavy (non-hydrogen) atoms. The highest BCUT2D eigenvalue weighted by atomic mass is 19.3.